The van der Waals surface area contributed by atoms with E-state index >= 15 is 0 Å². The average molecular weight is 334 g/mol. The third-order valence-corrected chi connectivity index (χ3v) is 3.53. The van der Waals surface area contributed by atoms with Gasteiger partial charge in [-0.25, -0.2) is 0 Å². The van der Waals surface area contributed by atoms with Gasteiger partial charge in [0.2, 0.25) is 0 Å². The molecule has 3 N–H and O–H groups in total. The SMILES string of the molecule is CCC(CCN(C)C(=O)C(F)(F)F)NCc1ccc(O)c(O)c1. The fraction of sp³-hybridized carbons (Fsp3) is 0.533. The van der Waals surface area contributed by atoms with Crippen LogP contribution in [0.2, 0.25) is 0 Å². The number of benzene rings is 1. The van der Waals surface area contributed by atoms with Crippen LogP contribution in [0.3, 0.4) is 0 Å². The molecular weight excluding hydrogens is 313 g/mol. The molecule has 0 aliphatic carbocycles. The molecule has 1 atom stereocenters. The zero-order valence-corrected chi connectivity index (χ0v) is 13.0. The Bertz CT molecular complexity index is 535. The van der Waals surface area contributed by atoms with E-state index in [4.69, 9.17) is 0 Å². The molecule has 0 radical (unpaired) electrons. The molecule has 0 spiro atoms. The highest BCUT2D eigenvalue weighted by molar-refractivity contribution is 5.81. The number of nitrogens with one attached hydrogen (secondary N) is 1. The van der Waals surface area contributed by atoms with Crippen molar-refractivity contribution in [2.24, 2.45) is 0 Å². The molecule has 0 aromatic heterocycles. The Morgan fingerprint density at radius 2 is 1.96 bits per heavy atom. The number of alkyl halides is 3. The van der Waals surface area contributed by atoms with E-state index < -0.39 is 12.1 Å². The van der Waals surface area contributed by atoms with Crippen molar-refractivity contribution in [3.8, 4) is 11.5 Å². The molecule has 1 unspecified atom stereocenters. The Morgan fingerprint density at radius 1 is 1.30 bits per heavy atom. The number of aromatic hydroxyl groups is 2. The Labute approximate surface area is 132 Å². The van der Waals surface area contributed by atoms with Gasteiger partial charge in [0.15, 0.2) is 11.5 Å². The number of carbonyl (C=O) groups is 1. The molecule has 8 heteroatoms. The van der Waals surface area contributed by atoms with Crippen LogP contribution in [0.25, 0.3) is 0 Å². The van der Waals surface area contributed by atoms with Crippen molar-refractivity contribution in [2.75, 3.05) is 13.6 Å². The number of hydrogen-bond donors (Lipinski definition) is 3. The van der Waals surface area contributed by atoms with Crippen LogP contribution < -0.4 is 5.32 Å². The molecule has 5 nitrogen and oxygen atoms in total. The molecule has 1 aromatic carbocycles. The molecule has 1 amide bonds. The Balaban J connectivity index is 2.48. The van der Waals surface area contributed by atoms with Gasteiger partial charge in [-0.1, -0.05) is 13.0 Å². The van der Waals surface area contributed by atoms with Crippen LogP contribution in [0.15, 0.2) is 18.2 Å². The highest BCUT2D eigenvalue weighted by atomic mass is 19.4. The van der Waals surface area contributed by atoms with E-state index in [1.54, 1.807) is 6.07 Å². The third-order valence-electron chi connectivity index (χ3n) is 3.53. The largest absolute Gasteiger partial charge is 0.504 e. The van der Waals surface area contributed by atoms with Gasteiger partial charge in [-0.05, 0) is 30.5 Å². The van der Waals surface area contributed by atoms with Crippen LogP contribution in [0.4, 0.5) is 13.2 Å². The molecule has 0 aliphatic heterocycles. The predicted octanol–water partition coefficient (Wildman–Crippen LogP) is 2.38. The molecule has 130 valence electrons. The summed E-state index contributed by atoms with van der Waals surface area (Å²) in [5.41, 5.74) is 0.735. The lowest BCUT2D eigenvalue weighted by Gasteiger charge is -2.23. The topological polar surface area (TPSA) is 72.8 Å². The van der Waals surface area contributed by atoms with Crippen molar-refractivity contribution >= 4 is 5.91 Å². The van der Waals surface area contributed by atoms with Crippen LogP contribution >= 0.6 is 0 Å². The molecule has 0 saturated carbocycles. The van der Waals surface area contributed by atoms with Crippen molar-refractivity contribution in [1.29, 1.82) is 0 Å². The highest BCUT2D eigenvalue weighted by Gasteiger charge is 2.41. The van der Waals surface area contributed by atoms with Gasteiger partial charge < -0.3 is 20.4 Å². The fourth-order valence-electron chi connectivity index (χ4n) is 2.06. The van der Waals surface area contributed by atoms with E-state index in [2.05, 4.69) is 5.32 Å². The molecule has 0 saturated heterocycles. The molecule has 0 bridgehead atoms. The minimum Gasteiger partial charge on any atom is -0.504 e. The van der Waals surface area contributed by atoms with Crippen molar-refractivity contribution in [1.82, 2.24) is 10.2 Å². The number of hydrogen-bond acceptors (Lipinski definition) is 4. The number of rotatable bonds is 7. The summed E-state index contributed by atoms with van der Waals surface area (Å²) in [6, 6.07) is 4.33. The maximum atomic E-state index is 12.3. The lowest BCUT2D eigenvalue weighted by molar-refractivity contribution is -0.184. The number of amides is 1. The number of carbonyl (C=O) groups excluding carboxylic acids is 1. The molecular formula is C15H21F3N2O3. The van der Waals surface area contributed by atoms with Crippen molar-refractivity contribution in [2.45, 2.75) is 38.5 Å². The van der Waals surface area contributed by atoms with Gasteiger partial charge in [0.25, 0.3) is 0 Å². The lowest BCUT2D eigenvalue weighted by Crippen LogP contribution is -2.41. The number of halogens is 3. The van der Waals surface area contributed by atoms with Gasteiger partial charge in [0.1, 0.15) is 0 Å². The summed E-state index contributed by atoms with van der Waals surface area (Å²) in [6.45, 7) is 2.27. The maximum Gasteiger partial charge on any atom is 0.471 e. The standard InChI is InChI=1S/C15H21F3N2O3/c1-3-11(6-7-20(2)14(23)15(16,17)18)19-9-10-4-5-12(21)13(22)8-10/h4-5,8,11,19,21-22H,3,6-7,9H2,1-2H3. The minimum atomic E-state index is -4.85. The molecule has 0 fully saturated rings. The maximum absolute atomic E-state index is 12.3. The summed E-state index contributed by atoms with van der Waals surface area (Å²) in [6.07, 6.45) is -3.80. The van der Waals surface area contributed by atoms with Crippen LogP contribution in [0.5, 0.6) is 11.5 Å². The summed E-state index contributed by atoms with van der Waals surface area (Å²) in [4.78, 5) is 11.7. The Hall–Kier alpha value is -1.96. The van der Waals surface area contributed by atoms with E-state index in [1.807, 2.05) is 6.92 Å². The molecule has 1 rings (SSSR count). The first kappa shape index (κ1) is 19.1. The molecule has 0 heterocycles. The van der Waals surface area contributed by atoms with Crippen molar-refractivity contribution < 1.29 is 28.2 Å². The van der Waals surface area contributed by atoms with Gasteiger partial charge in [-0.15, -0.1) is 0 Å². The summed E-state index contributed by atoms with van der Waals surface area (Å²) >= 11 is 0. The second kappa shape index (κ2) is 8.05. The summed E-state index contributed by atoms with van der Waals surface area (Å²) in [7, 11) is 1.13. The van der Waals surface area contributed by atoms with E-state index in [-0.39, 0.29) is 24.1 Å². The summed E-state index contributed by atoms with van der Waals surface area (Å²) in [5, 5.41) is 21.8. The normalized spacial score (nSPS) is 12.9. The first-order valence-corrected chi connectivity index (χ1v) is 7.21. The summed E-state index contributed by atoms with van der Waals surface area (Å²) in [5.74, 6) is -2.29. The highest BCUT2D eigenvalue weighted by Crippen LogP contribution is 2.24. The average Bonchev–Trinajstić information content (AvgIpc) is 2.48. The van der Waals surface area contributed by atoms with Gasteiger partial charge >= 0.3 is 12.1 Å². The second-order valence-electron chi connectivity index (χ2n) is 5.32. The number of nitrogens with zero attached hydrogens (tertiary/aromatic N) is 1. The third kappa shape index (κ3) is 5.97. The zero-order valence-electron chi connectivity index (χ0n) is 13.0. The quantitative estimate of drug-likeness (QED) is 0.670. The number of phenols is 2. The van der Waals surface area contributed by atoms with Crippen LogP contribution in [0.1, 0.15) is 25.3 Å². The Kier molecular flexibility index (Phi) is 6.68. The molecule has 23 heavy (non-hydrogen) atoms. The lowest BCUT2D eigenvalue weighted by atomic mass is 10.1. The zero-order chi connectivity index (χ0) is 17.6. The fourth-order valence-corrected chi connectivity index (χ4v) is 2.06. The minimum absolute atomic E-state index is 0.00925. The van der Waals surface area contributed by atoms with Crippen molar-refractivity contribution in [3.05, 3.63) is 23.8 Å². The van der Waals surface area contributed by atoms with E-state index in [0.29, 0.717) is 24.3 Å². The van der Waals surface area contributed by atoms with Gasteiger partial charge in [0, 0.05) is 26.2 Å². The van der Waals surface area contributed by atoms with Crippen LogP contribution in [-0.2, 0) is 11.3 Å². The molecule has 1 aromatic rings. The van der Waals surface area contributed by atoms with Crippen molar-refractivity contribution in [3.63, 3.8) is 0 Å². The van der Waals surface area contributed by atoms with Gasteiger partial charge in [0.05, 0.1) is 0 Å². The van der Waals surface area contributed by atoms with Crippen LogP contribution in [0, 0.1) is 0 Å². The second-order valence-corrected chi connectivity index (χ2v) is 5.32. The first-order chi connectivity index (χ1) is 10.6. The van der Waals surface area contributed by atoms with E-state index in [1.165, 1.54) is 12.1 Å². The van der Waals surface area contributed by atoms with Crippen LogP contribution in [-0.4, -0.2) is 46.8 Å². The van der Waals surface area contributed by atoms with E-state index in [9.17, 15) is 28.2 Å². The van der Waals surface area contributed by atoms with Gasteiger partial charge in [-0.2, -0.15) is 13.2 Å². The predicted molar refractivity (Wildman–Crippen MR) is 79.0 cm³/mol. The number of phenolic OH excluding ortho intramolecular Hbond substituents is 2. The monoisotopic (exact) mass is 334 g/mol. The smallest absolute Gasteiger partial charge is 0.471 e. The molecule has 0 aliphatic rings. The summed E-state index contributed by atoms with van der Waals surface area (Å²) < 4.78 is 36.9. The van der Waals surface area contributed by atoms with E-state index in [0.717, 1.165) is 12.6 Å². The first-order valence-electron chi connectivity index (χ1n) is 7.21. The Morgan fingerprint density at radius 3 is 2.48 bits per heavy atom. The van der Waals surface area contributed by atoms with Gasteiger partial charge in [-0.3, -0.25) is 4.79 Å².